The Bertz CT molecular complexity index is 841. The molecule has 0 saturated heterocycles. The summed E-state index contributed by atoms with van der Waals surface area (Å²) in [6.07, 6.45) is -0.119. The molecule has 2 aromatic carbocycles. The quantitative estimate of drug-likeness (QED) is 0.888. The largest absolute Gasteiger partial charge is 0.478 e. The molecule has 1 aliphatic rings. The first-order chi connectivity index (χ1) is 12.5. The monoisotopic (exact) mass is 360 g/mol. The molecule has 0 spiro atoms. The van der Waals surface area contributed by atoms with Crippen molar-refractivity contribution in [2.24, 2.45) is 0 Å². The van der Waals surface area contributed by atoms with E-state index in [0.717, 1.165) is 12.1 Å². The van der Waals surface area contributed by atoms with Crippen LogP contribution in [0.1, 0.15) is 19.8 Å². The third kappa shape index (κ3) is 3.66. The number of nitrogens with zero attached hydrogens (tertiary/aromatic N) is 1. The van der Waals surface area contributed by atoms with Crippen molar-refractivity contribution in [3.05, 3.63) is 54.1 Å². The smallest absolute Gasteiger partial charge is 0.268 e. The molecule has 136 valence electrons. The molecule has 1 atom stereocenters. The maximum Gasteiger partial charge on any atom is 0.268 e. The molecule has 7 heteroatoms. The van der Waals surface area contributed by atoms with Crippen molar-refractivity contribution >= 4 is 23.2 Å². The molecule has 0 aliphatic carbocycles. The molecule has 2 aromatic rings. The van der Waals surface area contributed by atoms with Crippen LogP contribution in [0.4, 0.5) is 20.2 Å². The summed E-state index contributed by atoms with van der Waals surface area (Å²) in [5.74, 6) is -1.67. The van der Waals surface area contributed by atoms with Crippen molar-refractivity contribution in [3.8, 4) is 5.75 Å². The molecular formula is C19H18F2N2O3. The van der Waals surface area contributed by atoms with Gasteiger partial charge in [0.15, 0.2) is 6.10 Å². The standard InChI is InChI=1S/C19H18F2N2O3/c1-2-16-19(25)23(15-5-3-4-6-17(15)26-16)10-9-18(24)22-14-8-7-12(20)11-13(14)21/h3-8,11,16H,2,9-10H2,1H3,(H,22,24). The van der Waals surface area contributed by atoms with Crippen LogP contribution in [-0.2, 0) is 9.59 Å². The number of carbonyl (C=O) groups is 2. The molecule has 1 N–H and O–H groups in total. The zero-order valence-electron chi connectivity index (χ0n) is 14.2. The van der Waals surface area contributed by atoms with Crippen molar-refractivity contribution in [3.63, 3.8) is 0 Å². The summed E-state index contributed by atoms with van der Waals surface area (Å²) in [4.78, 5) is 26.2. The molecule has 1 heterocycles. The SMILES string of the molecule is CCC1Oc2ccccc2N(CCC(=O)Nc2ccc(F)cc2F)C1=O. The summed E-state index contributed by atoms with van der Waals surface area (Å²) < 4.78 is 32.2. The predicted octanol–water partition coefficient (Wildman–Crippen LogP) is 3.50. The van der Waals surface area contributed by atoms with E-state index in [-0.39, 0.29) is 24.6 Å². The van der Waals surface area contributed by atoms with E-state index in [9.17, 15) is 18.4 Å². The summed E-state index contributed by atoms with van der Waals surface area (Å²) in [6, 6.07) is 10.0. The van der Waals surface area contributed by atoms with Crippen molar-refractivity contribution in [1.82, 2.24) is 0 Å². The summed E-state index contributed by atoms with van der Waals surface area (Å²) in [5, 5.41) is 2.39. The zero-order valence-corrected chi connectivity index (χ0v) is 14.2. The first kappa shape index (κ1) is 17.8. The molecule has 26 heavy (non-hydrogen) atoms. The van der Waals surface area contributed by atoms with Crippen LogP contribution < -0.4 is 15.0 Å². The van der Waals surface area contributed by atoms with E-state index < -0.39 is 23.6 Å². The van der Waals surface area contributed by atoms with Gasteiger partial charge in [0.05, 0.1) is 11.4 Å². The highest BCUT2D eigenvalue weighted by Crippen LogP contribution is 2.34. The van der Waals surface area contributed by atoms with Crippen LogP contribution in [0.3, 0.4) is 0 Å². The summed E-state index contributed by atoms with van der Waals surface area (Å²) in [6.45, 7) is 1.98. The zero-order chi connectivity index (χ0) is 18.7. The summed E-state index contributed by atoms with van der Waals surface area (Å²) in [5.41, 5.74) is 0.500. The van der Waals surface area contributed by atoms with Crippen LogP contribution in [0.25, 0.3) is 0 Å². The molecule has 5 nitrogen and oxygen atoms in total. The van der Waals surface area contributed by atoms with Gasteiger partial charge in [-0.25, -0.2) is 8.78 Å². The van der Waals surface area contributed by atoms with E-state index in [1.807, 2.05) is 13.0 Å². The number of fused-ring (bicyclic) bond motifs is 1. The lowest BCUT2D eigenvalue weighted by atomic mass is 10.1. The highest BCUT2D eigenvalue weighted by atomic mass is 19.1. The molecular weight excluding hydrogens is 342 g/mol. The second-order valence-electron chi connectivity index (χ2n) is 5.89. The number of rotatable bonds is 5. The van der Waals surface area contributed by atoms with E-state index >= 15 is 0 Å². The van der Waals surface area contributed by atoms with Crippen molar-refractivity contribution in [2.75, 3.05) is 16.8 Å². The fourth-order valence-corrected chi connectivity index (χ4v) is 2.78. The highest BCUT2D eigenvalue weighted by Gasteiger charge is 2.33. The van der Waals surface area contributed by atoms with Gasteiger partial charge in [-0.1, -0.05) is 19.1 Å². The van der Waals surface area contributed by atoms with Crippen molar-refractivity contribution in [1.29, 1.82) is 0 Å². The second-order valence-corrected chi connectivity index (χ2v) is 5.89. The normalized spacial score (nSPS) is 16.0. The van der Waals surface area contributed by atoms with Gasteiger partial charge in [0.2, 0.25) is 5.91 Å². The molecule has 1 unspecified atom stereocenters. The Balaban J connectivity index is 1.70. The van der Waals surface area contributed by atoms with Gasteiger partial charge in [0, 0.05) is 19.0 Å². The Morgan fingerprint density at radius 1 is 1.23 bits per heavy atom. The number of amides is 2. The topological polar surface area (TPSA) is 58.6 Å². The lowest BCUT2D eigenvalue weighted by Crippen LogP contribution is -2.46. The minimum atomic E-state index is -0.850. The Hall–Kier alpha value is -2.96. The molecule has 2 amide bonds. The van der Waals surface area contributed by atoms with Crippen LogP contribution in [0.5, 0.6) is 5.75 Å². The van der Waals surface area contributed by atoms with E-state index in [2.05, 4.69) is 5.32 Å². The third-order valence-electron chi connectivity index (χ3n) is 4.11. The van der Waals surface area contributed by atoms with Gasteiger partial charge in [-0.2, -0.15) is 0 Å². The Morgan fingerprint density at radius 3 is 2.73 bits per heavy atom. The van der Waals surface area contributed by atoms with Crippen molar-refractivity contribution in [2.45, 2.75) is 25.9 Å². The number of halogens is 2. The lowest BCUT2D eigenvalue weighted by Gasteiger charge is -2.33. The first-order valence-electron chi connectivity index (χ1n) is 8.31. The third-order valence-corrected chi connectivity index (χ3v) is 4.11. The lowest BCUT2D eigenvalue weighted by molar-refractivity contribution is -0.126. The Kier molecular flexibility index (Phi) is 5.16. The van der Waals surface area contributed by atoms with Gasteiger partial charge < -0.3 is 15.0 Å². The van der Waals surface area contributed by atoms with Gasteiger partial charge >= 0.3 is 0 Å². The number of anilines is 2. The van der Waals surface area contributed by atoms with Gasteiger partial charge in [0.25, 0.3) is 5.91 Å². The second kappa shape index (κ2) is 7.51. The average Bonchev–Trinajstić information content (AvgIpc) is 2.63. The molecule has 0 fully saturated rings. The van der Waals surface area contributed by atoms with Gasteiger partial charge in [-0.3, -0.25) is 9.59 Å². The van der Waals surface area contributed by atoms with E-state index in [1.165, 1.54) is 4.90 Å². The van der Waals surface area contributed by atoms with Gasteiger partial charge in [0.1, 0.15) is 17.4 Å². The van der Waals surface area contributed by atoms with Crippen LogP contribution in [0.15, 0.2) is 42.5 Å². The molecule has 3 rings (SSSR count). The number of nitrogens with one attached hydrogen (secondary N) is 1. The molecule has 1 aliphatic heterocycles. The molecule has 0 bridgehead atoms. The van der Waals surface area contributed by atoms with Crippen LogP contribution in [0, 0.1) is 11.6 Å². The summed E-state index contributed by atoms with van der Waals surface area (Å²) >= 11 is 0. The van der Waals surface area contributed by atoms with Crippen LogP contribution in [-0.4, -0.2) is 24.5 Å². The maximum absolute atomic E-state index is 13.6. The summed E-state index contributed by atoms with van der Waals surface area (Å²) in [7, 11) is 0. The Morgan fingerprint density at radius 2 is 2.00 bits per heavy atom. The predicted molar refractivity (Wildman–Crippen MR) is 93.1 cm³/mol. The minimum Gasteiger partial charge on any atom is -0.478 e. The first-order valence-corrected chi connectivity index (χ1v) is 8.31. The number of hydrogen-bond donors (Lipinski definition) is 1. The maximum atomic E-state index is 13.6. The van der Waals surface area contributed by atoms with E-state index in [4.69, 9.17) is 4.74 Å². The number of carbonyl (C=O) groups excluding carboxylic acids is 2. The van der Waals surface area contributed by atoms with E-state index in [0.29, 0.717) is 23.9 Å². The number of benzene rings is 2. The fraction of sp³-hybridized carbons (Fsp3) is 0.263. The molecule has 0 aromatic heterocycles. The molecule has 0 radical (unpaired) electrons. The minimum absolute atomic E-state index is 0.0344. The number of para-hydroxylation sites is 2. The molecule has 0 saturated carbocycles. The number of hydrogen-bond acceptors (Lipinski definition) is 3. The average molecular weight is 360 g/mol. The van der Waals surface area contributed by atoms with Gasteiger partial charge in [-0.05, 0) is 30.7 Å². The highest BCUT2D eigenvalue weighted by molar-refractivity contribution is 6.01. The van der Waals surface area contributed by atoms with Crippen molar-refractivity contribution < 1.29 is 23.1 Å². The van der Waals surface area contributed by atoms with Crippen LogP contribution >= 0.6 is 0 Å². The van der Waals surface area contributed by atoms with Gasteiger partial charge in [-0.15, -0.1) is 0 Å². The Labute approximate surface area is 149 Å². The fourth-order valence-electron chi connectivity index (χ4n) is 2.78. The number of ether oxygens (including phenoxy) is 1. The van der Waals surface area contributed by atoms with Crippen LogP contribution in [0.2, 0.25) is 0 Å². The van der Waals surface area contributed by atoms with E-state index in [1.54, 1.807) is 18.2 Å².